The molecule has 0 saturated carbocycles. The average molecular weight is 390 g/mol. The Bertz CT molecular complexity index is 905. The molecule has 0 spiro atoms. The molecule has 1 aliphatic heterocycles. The largest absolute Gasteiger partial charge is 0.340 e. The number of carbonyl (C=O) groups excluding carboxylic acids is 1. The maximum atomic E-state index is 13.0. The van der Waals surface area contributed by atoms with Crippen LogP contribution in [0.25, 0.3) is 0 Å². The van der Waals surface area contributed by atoms with Gasteiger partial charge >= 0.3 is 0 Å². The molecule has 0 atom stereocenters. The molecule has 0 aliphatic carbocycles. The van der Waals surface area contributed by atoms with Crippen molar-refractivity contribution in [2.75, 3.05) is 26.2 Å². The van der Waals surface area contributed by atoms with Gasteiger partial charge in [0, 0.05) is 26.2 Å². The van der Waals surface area contributed by atoms with Crippen LogP contribution in [-0.4, -0.2) is 49.7 Å². The normalized spacial score (nSPS) is 15.7. The summed E-state index contributed by atoms with van der Waals surface area (Å²) in [6.07, 6.45) is 0.191. The Labute approximate surface area is 159 Å². The van der Waals surface area contributed by atoms with Crippen LogP contribution in [-0.2, 0) is 27.0 Å². The van der Waals surface area contributed by atoms with Gasteiger partial charge in [-0.2, -0.15) is 4.31 Å². The molecular weight excluding hydrogens is 367 g/mol. The second kappa shape index (κ2) is 8.19. The lowest BCUT2D eigenvalue weighted by atomic mass is 10.1. The topological polar surface area (TPSA) is 57.7 Å². The van der Waals surface area contributed by atoms with Crippen molar-refractivity contribution in [2.45, 2.75) is 19.1 Å². The zero-order chi connectivity index (χ0) is 19.4. The molecule has 1 amide bonds. The number of halogens is 1. The summed E-state index contributed by atoms with van der Waals surface area (Å²) in [6, 6.07) is 13.3. The first-order valence-electron chi connectivity index (χ1n) is 8.89. The van der Waals surface area contributed by atoms with E-state index in [1.165, 1.54) is 16.4 Å². The monoisotopic (exact) mass is 390 g/mol. The predicted octanol–water partition coefficient (Wildman–Crippen LogP) is 2.35. The number of rotatable bonds is 5. The van der Waals surface area contributed by atoms with Gasteiger partial charge in [0.25, 0.3) is 0 Å². The van der Waals surface area contributed by atoms with Crippen LogP contribution in [0.15, 0.2) is 48.5 Å². The van der Waals surface area contributed by atoms with Crippen LogP contribution in [0.2, 0.25) is 0 Å². The number of piperazine rings is 1. The summed E-state index contributed by atoms with van der Waals surface area (Å²) in [5, 5.41) is 0. The van der Waals surface area contributed by atoms with Crippen molar-refractivity contribution in [3.05, 3.63) is 71.0 Å². The van der Waals surface area contributed by atoms with E-state index < -0.39 is 10.0 Å². The minimum Gasteiger partial charge on any atom is -0.340 e. The number of benzene rings is 2. The number of carbonyl (C=O) groups is 1. The highest BCUT2D eigenvalue weighted by Gasteiger charge is 2.28. The quantitative estimate of drug-likeness (QED) is 0.788. The van der Waals surface area contributed by atoms with Crippen LogP contribution in [0, 0.1) is 12.7 Å². The lowest BCUT2D eigenvalue weighted by Crippen LogP contribution is -2.51. The maximum absolute atomic E-state index is 13.0. The van der Waals surface area contributed by atoms with E-state index in [0.29, 0.717) is 26.2 Å². The van der Waals surface area contributed by atoms with Crippen LogP contribution >= 0.6 is 0 Å². The lowest BCUT2D eigenvalue weighted by molar-refractivity contribution is -0.131. The summed E-state index contributed by atoms with van der Waals surface area (Å²) in [7, 11) is -3.41. The minimum atomic E-state index is -3.41. The Morgan fingerprint density at radius 3 is 2.30 bits per heavy atom. The SMILES string of the molecule is Cc1cccc(CS(=O)(=O)N2CCN(C(=O)Cc3ccc(F)cc3)CC2)c1. The first kappa shape index (κ1) is 19.5. The van der Waals surface area contributed by atoms with Gasteiger partial charge < -0.3 is 4.90 Å². The van der Waals surface area contributed by atoms with E-state index in [1.54, 1.807) is 17.0 Å². The highest BCUT2D eigenvalue weighted by atomic mass is 32.2. The number of nitrogens with zero attached hydrogens (tertiary/aromatic N) is 2. The van der Waals surface area contributed by atoms with E-state index >= 15 is 0 Å². The number of hydrogen-bond donors (Lipinski definition) is 0. The molecule has 1 saturated heterocycles. The van der Waals surface area contributed by atoms with Crippen LogP contribution < -0.4 is 0 Å². The van der Waals surface area contributed by atoms with Crippen molar-refractivity contribution in [2.24, 2.45) is 0 Å². The Morgan fingerprint density at radius 1 is 1.00 bits per heavy atom. The molecule has 2 aromatic rings. The fraction of sp³-hybridized carbons (Fsp3) is 0.350. The molecular formula is C20H23FN2O3S. The van der Waals surface area contributed by atoms with Crippen molar-refractivity contribution in [1.82, 2.24) is 9.21 Å². The van der Waals surface area contributed by atoms with Gasteiger partial charge in [0.2, 0.25) is 15.9 Å². The van der Waals surface area contributed by atoms with Gasteiger partial charge in [0.15, 0.2) is 0 Å². The Balaban J connectivity index is 1.56. The van der Waals surface area contributed by atoms with E-state index in [9.17, 15) is 17.6 Å². The molecule has 27 heavy (non-hydrogen) atoms. The Morgan fingerprint density at radius 2 is 1.67 bits per heavy atom. The van der Waals surface area contributed by atoms with Crippen molar-refractivity contribution >= 4 is 15.9 Å². The van der Waals surface area contributed by atoms with E-state index in [1.807, 2.05) is 31.2 Å². The number of aryl methyl sites for hydroxylation is 1. The second-order valence-electron chi connectivity index (χ2n) is 6.83. The standard InChI is InChI=1S/C20H23FN2O3S/c1-16-3-2-4-18(13-16)15-27(25,26)23-11-9-22(10-12-23)20(24)14-17-5-7-19(21)8-6-17/h2-8,13H,9-12,14-15H2,1H3. The second-order valence-corrected chi connectivity index (χ2v) is 8.80. The number of amides is 1. The van der Waals surface area contributed by atoms with Crippen LogP contribution in [0.5, 0.6) is 0 Å². The molecule has 1 heterocycles. The third kappa shape index (κ3) is 5.14. The summed E-state index contributed by atoms with van der Waals surface area (Å²) in [6.45, 7) is 3.26. The maximum Gasteiger partial charge on any atom is 0.227 e. The fourth-order valence-corrected chi connectivity index (χ4v) is 4.71. The van der Waals surface area contributed by atoms with E-state index in [-0.39, 0.29) is 23.9 Å². The summed E-state index contributed by atoms with van der Waals surface area (Å²) in [5.74, 6) is -0.436. The van der Waals surface area contributed by atoms with Gasteiger partial charge in [0.1, 0.15) is 5.82 Å². The zero-order valence-electron chi connectivity index (χ0n) is 15.3. The smallest absolute Gasteiger partial charge is 0.227 e. The molecule has 1 aliphatic rings. The molecule has 3 rings (SSSR count). The summed E-state index contributed by atoms with van der Waals surface area (Å²) in [5.41, 5.74) is 2.54. The van der Waals surface area contributed by atoms with E-state index in [0.717, 1.165) is 16.7 Å². The van der Waals surface area contributed by atoms with E-state index in [4.69, 9.17) is 0 Å². The molecule has 5 nitrogen and oxygen atoms in total. The van der Waals surface area contributed by atoms with Gasteiger partial charge in [-0.3, -0.25) is 4.79 Å². The average Bonchev–Trinajstić information content (AvgIpc) is 2.63. The molecule has 0 unspecified atom stereocenters. The first-order valence-corrected chi connectivity index (χ1v) is 10.5. The molecule has 7 heteroatoms. The van der Waals surface area contributed by atoms with Crippen molar-refractivity contribution in [3.63, 3.8) is 0 Å². The van der Waals surface area contributed by atoms with Gasteiger partial charge in [-0.25, -0.2) is 12.8 Å². The predicted molar refractivity (Wildman–Crippen MR) is 102 cm³/mol. The number of hydrogen-bond acceptors (Lipinski definition) is 3. The summed E-state index contributed by atoms with van der Waals surface area (Å²) in [4.78, 5) is 14.1. The molecule has 0 bridgehead atoms. The van der Waals surface area contributed by atoms with Crippen LogP contribution in [0.1, 0.15) is 16.7 Å². The third-order valence-electron chi connectivity index (χ3n) is 4.68. The number of sulfonamides is 1. The summed E-state index contributed by atoms with van der Waals surface area (Å²) < 4.78 is 39.7. The highest BCUT2D eigenvalue weighted by Crippen LogP contribution is 2.15. The molecule has 1 fully saturated rings. The third-order valence-corrected chi connectivity index (χ3v) is 6.53. The summed E-state index contributed by atoms with van der Waals surface area (Å²) >= 11 is 0. The van der Waals surface area contributed by atoms with Gasteiger partial charge in [0.05, 0.1) is 12.2 Å². The highest BCUT2D eigenvalue weighted by molar-refractivity contribution is 7.88. The molecule has 144 valence electrons. The van der Waals surface area contributed by atoms with Gasteiger partial charge in [-0.15, -0.1) is 0 Å². The molecule has 0 aromatic heterocycles. The van der Waals surface area contributed by atoms with Crippen molar-refractivity contribution < 1.29 is 17.6 Å². The Hall–Kier alpha value is -2.25. The zero-order valence-corrected chi connectivity index (χ0v) is 16.1. The van der Waals surface area contributed by atoms with E-state index in [2.05, 4.69) is 0 Å². The van der Waals surface area contributed by atoms with Gasteiger partial charge in [-0.1, -0.05) is 42.0 Å². The fourth-order valence-electron chi connectivity index (χ4n) is 3.21. The molecule has 0 N–H and O–H groups in total. The van der Waals surface area contributed by atoms with Crippen LogP contribution in [0.4, 0.5) is 4.39 Å². The lowest BCUT2D eigenvalue weighted by Gasteiger charge is -2.34. The minimum absolute atomic E-state index is 0.0296. The van der Waals surface area contributed by atoms with Crippen molar-refractivity contribution in [3.8, 4) is 0 Å². The molecule has 0 radical (unpaired) electrons. The first-order chi connectivity index (χ1) is 12.8. The Kier molecular flexibility index (Phi) is 5.92. The van der Waals surface area contributed by atoms with Crippen molar-refractivity contribution in [1.29, 1.82) is 0 Å². The molecule has 2 aromatic carbocycles. The van der Waals surface area contributed by atoms with Crippen LogP contribution in [0.3, 0.4) is 0 Å². The van der Waals surface area contributed by atoms with Gasteiger partial charge in [-0.05, 0) is 30.2 Å².